The van der Waals surface area contributed by atoms with Gasteiger partial charge in [-0.15, -0.1) is 0 Å². The number of carbonyl (C=O) groups is 1. The average Bonchev–Trinajstić information content (AvgIpc) is 2.64. The van der Waals surface area contributed by atoms with Crippen molar-refractivity contribution in [3.05, 3.63) is 23.8 Å². The van der Waals surface area contributed by atoms with Crippen LogP contribution in [0, 0.1) is 0 Å². The van der Waals surface area contributed by atoms with Gasteiger partial charge in [-0.25, -0.2) is 0 Å². The molecule has 2 rings (SSSR count). The van der Waals surface area contributed by atoms with Gasteiger partial charge in [0.1, 0.15) is 18.4 Å². The molecule has 0 aliphatic carbocycles. The summed E-state index contributed by atoms with van der Waals surface area (Å²) >= 11 is 0. The van der Waals surface area contributed by atoms with Crippen LogP contribution in [-0.4, -0.2) is 33.3 Å². The highest BCUT2D eigenvalue weighted by molar-refractivity contribution is 6.02. The highest BCUT2D eigenvalue weighted by Crippen LogP contribution is 2.33. The molecule has 1 heterocycles. The standard InChI is InChI=1S/C12H16N2O3/c1-13-11-9-4-3-8(17-6-5-16-2)7-10(9)14-12(11)15/h3-4,7,11,13H,5-6H2,1-2H3,(H,14,15). The molecule has 0 fully saturated rings. The maximum Gasteiger partial charge on any atom is 0.246 e. The molecule has 0 radical (unpaired) electrons. The van der Waals surface area contributed by atoms with Crippen LogP contribution in [0.1, 0.15) is 11.6 Å². The lowest BCUT2D eigenvalue weighted by atomic mass is 10.1. The number of rotatable bonds is 5. The quantitative estimate of drug-likeness (QED) is 0.746. The maximum atomic E-state index is 11.6. The third-order valence-electron chi connectivity index (χ3n) is 2.70. The summed E-state index contributed by atoms with van der Waals surface area (Å²) in [6.07, 6.45) is 0. The number of amides is 1. The van der Waals surface area contributed by atoms with E-state index in [1.807, 2.05) is 18.2 Å². The van der Waals surface area contributed by atoms with Crippen molar-refractivity contribution in [3.8, 4) is 5.75 Å². The lowest BCUT2D eigenvalue weighted by Crippen LogP contribution is -2.23. The summed E-state index contributed by atoms with van der Waals surface area (Å²) in [5.74, 6) is 0.703. The van der Waals surface area contributed by atoms with Crippen LogP contribution in [0.3, 0.4) is 0 Å². The molecular weight excluding hydrogens is 220 g/mol. The highest BCUT2D eigenvalue weighted by atomic mass is 16.5. The van der Waals surface area contributed by atoms with Crippen LogP contribution in [-0.2, 0) is 9.53 Å². The summed E-state index contributed by atoms with van der Waals surface area (Å²) in [5, 5.41) is 5.79. The van der Waals surface area contributed by atoms with Gasteiger partial charge in [-0.05, 0) is 13.1 Å². The van der Waals surface area contributed by atoms with E-state index >= 15 is 0 Å². The molecule has 5 nitrogen and oxygen atoms in total. The Labute approximate surface area is 100 Å². The first-order valence-corrected chi connectivity index (χ1v) is 5.50. The van der Waals surface area contributed by atoms with E-state index in [0.717, 1.165) is 17.0 Å². The number of benzene rings is 1. The van der Waals surface area contributed by atoms with Gasteiger partial charge in [-0.2, -0.15) is 0 Å². The maximum absolute atomic E-state index is 11.6. The molecule has 1 unspecified atom stereocenters. The molecule has 0 saturated heterocycles. The fourth-order valence-corrected chi connectivity index (χ4v) is 1.86. The van der Waals surface area contributed by atoms with Gasteiger partial charge in [-0.1, -0.05) is 6.07 Å². The molecule has 1 aromatic carbocycles. The number of fused-ring (bicyclic) bond motifs is 1. The van der Waals surface area contributed by atoms with Crippen molar-refractivity contribution in [2.24, 2.45) is 0 Å². The lowest BCUT2D eigenvalue weighted by Gasteiger charge is -2.08. The molecule has 0 aromatic heterocycles. The summed E-state index contributed by atoms with van der Waals surface area (Å²) in [6, 6.07) is 5.33. The number of hydrogen-bond acceptors (Lipinski definition) is 4. The molecule has 0 spiro atoms. The molecule has 0 bridgehead atoms. The van der Waals surface area contributed by atoms with Crippen LogP contribution in [0.25, 0.3) is 0 Å². The number of anilines is 1. The van der Waals surface area contributed by atoms with Gasteiger partial charge in [-0.3, -0.25) is 4.79 Å². The molecule has 1 atom stereocenters. The second-order valence-corrected chi connectivity index (χ2v) is 3.80. The summed E-state index contributed by atoms with van der Waals surface area (Å²) in [5.41, 5.74) is 1.76. The van der Waals surface area contributed by atoms with E-state index in [-0.39, 0.29) is 11.9 Å². The van der Waals surface area contributed by atoms with Gasteiger partial charge in [0.2, 0.25) is 5.91 Å². The smallest absolute Gasteiger partial charge is 0.246 e. The summed E-state index contributed by atoms with van der Waals surface area (Å²) < 4.78 is 10.4. The summed E-state index contributed by atoms with van der Waals surface area (Å²) in [7, 11) is 3.39. The van der Waals surface area contributed by atoms with E-state index < -0.39 is 0 Å². The first-order chi connectivity index (χ1) is 8.26. The minimum absolute atomic E-state index is 0.0310. The number of nitrogens with one attached hydrogen (secondary N) is 2. The Kier molecular flexibility index (Phi) is 3.61. The van der Waals surface area contributed by atoms with Crippen LogP contribution < -0.4 is 15.4 Å². The normalized spacial score (nSPS) is 17.8. The minimum Gasteiger partial charge on any atom is -0.491 e. The van der Waals surface area contributed by atoms with Crippen LogP contribution >= 0.6 is 0 Å². The van der Waals surface area contributed by atoms with Gasteiger partial charge >= 0.3 is 0 Å². The van der Waals surface area contributed by atoms with Crippen molar-refractivity contribution in [2.75, 3.05) is 32.7 Å². The van der Waals surface area contributed by atoms with E-state index in [4.69, 9.17) is 9.47 Å². The molecule has 1 aliphatic heterocycles. The highest BCUT2D eigenvalue weighted by Gasteiger charge is 2.29. The van der Waals surface area contributed by atoms with E-state index in [2.05, 4.69) is 10.6 Å². The third kappa shape index (κ3) is 2.40. The third-order valence-corrected chi connectivity index (χ3v) is 2.70. The Morgan fingerprint density at radius 2 is 2.24 bits per heavy atom. The molecule has 5 heteroatoms. The Balaban J connectivity index is 2.11. The molecule has 2 N–H and O–H groups in total. The monoisotopic (exact) mass is 236 g/mol. The second kappa shape index (κ2) is 5.16. The van der Waals surface area contributed by atoms with E-state index in [9.17, 15) is 4.79 Å². The van der Waals surface area contributed by atoms with E-state index in [1.165, 1.54) is 0 Å². The number of methoxy groups -OCH3 is 1. The number of hydrogen-bond donors (Lipinski definition) is 2. The summed E-state index contributed by atoms with van der Waals surface area (Å²) in [4.78, 5) is 11.6. The Hall–Kier alpha value is -1.59. The zero-order valence-electron chi connectivity index (χ0n) is 9.95. The molecule has 1 aliphatic rings. The zero-order valence-corrected chi connectivity index (χ0v) is 9.95. The molecular formula is C12H16N2O3. The van der Waals surface area contributed by atoms with Gasteiger partial charge in [0.15, 0.2) is 0 Å². The van der Waals surface area contributed by atoms with Crippen molar-refractivity contribution < 1.29 is 14.3 Å². The van der Waals surface area contributed by atoms with Crippen LogP contribution in [0.5, 0.6) is 5.75 Å². The average molecular weight is 236 g/mol. The van der Waals surface area contributed by atoms with Crippen LogP contribution in [0.2, 0.25) is 0 Å². The van der Waals surface area contributed by atoms with Crippen molar-refractivity contribution in [1.29, 1.82) is 0 Å². The van der Waals surface area contributed by atoms with Crippen molar-refractivity contribution >= 4 is 11.6 Å². The van der Waals surface area contributed by atoms with Crippen molar-refractivity contribution in [1.82, 2.24) is 5.32 Å². The molecule has 1 aromatic rings. The first-order valence-electron chi connectivity index (χ1n) is 5.50. The molecule has 17 heavy (non-hydrogen) atoms. The zero-order chi connectivity index (χ0) is 12.3. The van der Waals surface area contributed by atoms with Crippen molar-refractivity contribution in [2.45, 2.75) is 6.04 Å². The van der Waals surface area contributed by atoms with Gasteiger partial charge in [0, 0.05) is 24.4 Å². The Morgan fingerprint density at radius 1 is 1.41 bits per heavy atom. The second-order valence-electron chi connectivity index (χ2n) is 3.80. The number of ether oxygens (including phenoxy) is 2. The van der Waals surface area contributed by atoms with Crippen LogP contribution in [0.15, 0.2) is 18.2 Å². The first kappa shape index (κ1) is 11.9. The predicted molar refractivity (Wildman–Crippen MR) is 64.2 cm³/mol. The van der Waals surface area contributed by atoms with Crippen LogP contribution in [0.4, 0.5) is 5.69 Å². The topological polar surface area (TPSA) is 59.6 Å². The van der Waals surface area contributed by atoms with Crippen molar-refractivity contribution in [3.63, 3.8) is 0 Å². The fourth-order valence-electron chi connectivity index (χ4n) is 1.86. The Morgan fingerprint density at radius 3 is 2.94 bits per heavy atom. The van der Waals surface area contributed by atoms with Gasteiger partial charge < -0.3 is 20.1 Å². The molecule has 0 saturated carbocycles. The predicted octanol–water partition coefficient (Wildman–Crippen LogP) is 0.924. The van der Waals surface area contributed by atoms with E-state index in [0.29, 0.717) is 13.2 Å². The van der Waals surface area contributed by atoms with Gasteiger partial charge in [0.05, 0.1) is 6.61 Å². The number of likely N-dealkylation sites (N-methyl/N-ethyl adjacent to an activating group) is 1. The SMILES string of the molecule is CNC1C(=O)Nc2cc(OCCOC)ccc21. The molecule has 92 valence electrons. The largest absolute Gasteiger partial charge is 0.491 e. The number of carbonyl (C=O) groups excluding carboxylic acids is 1. The Bertz CT molecular complexity index is 420. The van der Waals surface area contributed by atoms with E-state index in [1.54, 1.807) is 14.2 Å². The fraction of sp³-hybridized carbons (Fsp3) is 0.417. The molecule has 1 amide bonds. The minimum atomic E-state index is -0.266. The summed E-state index contributed by atoms with van der Waals surface area (Å²) in [6.45, 7) is 1.04. The lowest BCUT2D eigenvalue weighted by molar-refractivity contribution is -0.117. The van der Waals surface area contributed by atoms with Gasteiger partial charge in [0.25, 0.3) is 0 Å².